The molecule has 0 aliphatic carbocycles. The summed E-state index contributed by atoms with van der Waals surface area (Å²) in [7, 11) is 4.71. The molecule has 0 saturated heterocycles. The number of nitrogens with one attached hydrogen (secondary N) is 1. The number of rotatable bonds is 10. The van der Waals surface area contributed by atoms with Gasteiger partial charge in [0.15, 0.2) is 11.5 Å². The minimum atomic E-state index is -0.273. The van der Waals surface area contributed by atoms with Gasteiger partial charge in [-0.1, -0.05) is 19.9 Å². The van der Waals surface area contributed by atoms with E-state index in [9.17, 15) is 4.79 Å². The van der Waals surface area contributed by atoms with Gasteiger partial charge in [0.05, 0.1) is 33.6 Å². The van der Waals surface area contributed by atoms with Crippen LogP contribution in [0.5, 0.6) is 23.0 Å². The maximum Gasteiger partial charge on any atom is 0.248 e. The van der Waals surface area contributed by atoms with E-state index in [4.69, 9.17) is 18.9 Å². The van der Waals surface area contributed by atoms with Crippen molar-refractivity contribution in [2.24, 2.45) is 5.92 Å². The Morgan fingerprint density at radius 1 is 0.966 bits per heavy atom. The molecule has 0 radical (unpaired) electrons. The summed E-state index contributed by atoms with van der Waals surface area (Å²) >= 11 is 0. The van der Waals surface area contributed by atoms with Gasteiger partial charge in [-0.3, -0.25) is 4.79 Å². The average Bonchev–Trinajstić information content (AvgIpc) is 2.72. The lowest BCUT2D eigenvalue weighted by atomic mass is 10.1. The Kier molecular flexibility index (Phi) is 8.40. The quantitative estimate of drug-likeness (QED) is 0.582. The van der Waals surface area contributed by atoms with Crippen LogP contribution in [0, 0.1) is 5.92 Å². The van der Waals surface area contributed by atoms with Gasteiger partial charge in [0.2, 0.25) is 5.91 Å². The number of hydrogen-bond acceptors (Lipinski definition) is 5. The highest BCUT2D eigenvalue weighted by Gasteiger charge is 2.08. The Balaban J connectivity index is 2.04. The van der Waals surface area contributed by atoms with E-state index in [-0.39, 0.29) is 5.91 Å². The summed E-state index contributed by atoms with van der Waals surface area (Å²) in [5.74, 6) is 2.80. The monoisotopic (exact) mass is 399 g/mol. The zero-order valence-corrected chi connectivity index (χ0v) is 17.7. The van der Waals surface area contributed by atoms with Crippen LogP contribution in [0.4, 0.5) is 5.69 Å². The van der Waals surface area contributed by atoms with E-state index in [1.807, 2.05) is 18.2 Å². The first-order chi connectivity index (χ1) is 14.0. The van der Waals surface area contributed by atoms with Gasteiger partial charge in [-0.25, -0.2) is 0 Å². The summed E-state index contributed by atoms with van der Waals surface area (Å²) in [5, 5.41) is 2.80. The molecule has 0 aliphatic rings. The van der Waals surface area contributed by atoms with Gasteiger partial charge in [-0.05, 0) is 48.2 Å². The molecule has 6 heteroatoms. The van der Waals surface area contributed by atoms with Crippen molar-refractivity contribution in [3.05, 3.63) is 48.0 Å². The second-order valence-corrected chi connectivity index (χ2v) is 6.83. The highest BCUT2D eigenvalue weighted by Crippen LogP contribution is 2.30. The molecule has 0 aliphatic heterocycles. The summed E-state index contributed by atoms with van der Waals surface area (Å²) in [4.78, 5) is 12.3. The molecule has 2 aromatic rings. The largest absolute Gasteiger partial charge is 0.497 e. The second kappa shape index (κ2) is 11.0. The molecular weight excluding hydrogens is 370 g/mol. The van der Waals surface area contributed by atoms with Gasteiger partial charge in [-0.15, -0.1) is 0 Å². The molecule has 1 amide bonds. The van der Waals surface area contributed by atoms with Gasteiger partial charge >= 0.3 is 0 Å². The fourth-order valence-corrected chi connectivity index (χ4v) is 2.56. The predicted octanol–water partition coefficient (Wildman–Crippen LogP) is 4.79. The SMILES string of the molecule is COc1ccc(NC(=O)/C=C/c2ccc(OCCC(C)C)c(OC)c2)c(OC)c1. The molecule has 0 fully saturated rings. The number of benzene rings is 2. The fraction of sp³-hybridized carbons (Fsp3) is 0.348. The lowest BCUT2D eigenvalue weighted by Gasteiger charge is -2.12. The topological polar surface area (TPSA) is 66.0 Å². The normalized spacial score (nSPS) is 10.8. The lowest BCUT2D eigenvalue weighted by Crippen LogP contribution is -2.09. The minimum absolute atomic E-state index is 0.273. The standard InChI is InChI=1S/C23H29NO5/c1-16(2)12-13-29-20-10-6-17(14-22(20)28-5)7-11-23(25)24-19-9-8-18(26-3)15-21(19)27-4/h6-11,14-16H,12-13H2,1-5H3,(H,24,25)/b11-7+. The summed E-state index contributed by atoms with van der Waals surface area (Å²) in [6.07, 6.45) is 4.14. The van der Waals surface area contributed by atoms with Crippen LogP contribution < -0.4 is 24.3 Å². The Hall–Kier alpha value is -3.15. The molecule has 0 aromatic heterocycles. The van der Waals surface area contributed by atoms with Crippen molar-refractivity contribution in [2.75, 3.05) is 33.3 Å². The van der Waals surface area contributed by atoms with Crippen molar-refractivity contribution >= 4 is 17.7 Å². The van der Waals surface area contributed by atoms with E-state index in [0.717, 1.165) is 12.0 Å². The molecule has 0 saturated carbocycles. The van der Waals surface area contributed by atoms with Crippen LogP contribution in [0.15, 0.2) is 42.5 Å². The van der Waals surface area contributed by atoms with Crippen LogP contribution in [0.1, 0.15) is 25.8 Å². The van der Waals surface area contributed by atoms with E-state index >= 15 is 0 Å². The number of ether oxygens (including phenoxy) is 4. The van der Waals surface area contributed by atoms with Crippen molar-refractivity contribution in [3.63, 3.8) is 0 Å². The van der Waals surface area contributed by atoms with Crippen molar-refractivity contribution in [2.45, 2.75) is 20.3 Å². The van der Waals surface area contributed by atoms with Crippen LogP contribution in [0.2, 0.25) is 0 Å². The van der Waals surface area contributed by atoms with E-state index in [1.165, 1.54) is 13.2 Å². The first-order valence-corrected chi connectivity index (χ1v) is 9.48. The van der Waals surface area contributed by atoms with Crippen LogP contribution in [0.3, 0.4) is 0 Å². The second-order valence-electron chi connectivity index (χ2n) is 6.83. The smallest absolute Gasteiger partial charge is 0.248 e. The van der Waals surface area contributed by atoms with E-state index in [2.05, 4.69) is 19.2 Å². The highest BCUT2D eigenvalue weighted by molar-refractivity contribution is 6.02. The minimum Gasteiger partial charge on any atom is -0.497 e. The number of carbonyl (C=O) groups excluding carboxylic acids is 1. The van der Waals surface area contributed by atoms with E-state index in [1.54, 1.807) is 38.5 Å². The number of methoxy groups -OCH3 is 3. The molecule has 0 atom stereocenters. The zero-order chi connectivity index (χ0) is 21.2. The Labute approximate surface area is 172 Å². The number of carbonyl (C=O) groups is 1. The van der Waals surface area contributed by atoms with Gasteiger partial charge in [0, 0.05) is 12.1 Å². The van der Waals surface area contributed by atoms with Gasteiger partial charge in [0.1, 0.15) is 11.5 Å². The third-order valence-corrected chi connectivity index (χ3v) is 4.23. The van der Waals surface area contributed by atoms with Crippen LogP contribution >= 0.6 is 0 Å². The van der Waals surface area contributed by atoms with Gasteiger partial charge in [0.25, 0.3) is 0 Å². The maximum atomic E-state index is 12.3. The summed E-state index contributed by atoms with van der Waals surface area (Å²) in [5.41, 5.74) is 1.39. The number of anilines is 1. The Morgan fingerprint density at radius 2 is 1.72 bits per heavy atom. The van der Waals surface area contributed by atoms with Gasteiger partial charge in [-0.2, -0.15) is 0 Å². The molecule has 0 heterocycles. The Morgan fingerprint density at radius 3 is 2.38 bits per heavy atom. The van der Waals surface area contributed by atoms with Crippen molar-refractivity contribution < 1.29 is 23.7 Å². The Bertz CT molecular complexity index is 845. The summed E-state index contributed by atoms with van der Waals surface area (Å²) < 4.78 is 21.7. The van der Waals surface area contributed by atoms with E-state index < -0.39 is 0 Å². The summed E-state index contributed by atoms with van der Waals surface area (Å²) in [6.45, 7) is 4.94. The molecular formula is C23H29NO5. The molecule has 0 unspecified atom stereocenters. The molecule has 29 heavy (non-hydrogen) atoms. The van der Waals surface area contributed by atoms with Gasteiger partial charge < -0.3 is 24.3 Å². The molecule has 0 bridgehead atoms. The zero-order valence-electron chi connectivity index (χ0n) is 17.7. The van der Waals surface area contributed by atoms with Crippen molar-refractivity contribution in [1.82, 2.24) is 0 Å². The lowest BCUT2D eigenvalue weighted by molar-refractivity contribution is -0.111. The summed E-state index contributed by atoms with van der Waals surface area (Å²) in [6, 6.07) is 10.8. The first-order valence-electron chi connectivity index (χ1n) is 9.48. The third kappa shape index (κ3) is 6.75. The average molecular weight is 399 g/mol. The fourth-order valence-electron chi connectivity index (χ4n) is 2.56. The van der Waals surface area contributed by atoms with Crippen LogP contribution in [0.25, 0.3) is 6.08 Å². The maximum absolute atomic E-state index is 12.3. The highest BCUT2D eigenvalue weighted by atomic mass is 16.5. The van der Waals surface area contributed by atoms with E-state index in [0.29, 0.717) is 41.2 Å². The van der Waals surface area contributed by atoms with Crippen LogP contribution in [-0.4, -0.2) is 33.8 Å². The third-order valence-electron chi connectivity index (χ3n) is 4.23. The van der Waals surface area contributed by atoms with Crippen LogP contribution in [-0.2, 0) is 4.79 Å². The number of hydrogen-bond donors (Lipinski definition) is 1. The predicted molar refractivity (Wildman–Crippen MR) is 115 cm³/mol. The molecule has 0 spiro atoms. The van der Waals surface area contributed by atoms with Crippen molar-refractivity contribution in [1.29, 1.82) is 0 Å². The molecule has 1 N–H and O–H groups in total. The number of amides is 1. The molecule has 6 nitrogen and oxygen atoms in total. The molecule has 2 aromatic carbocycles. The van der Waals surface area contributed by atoms with Crippen molar-refractivity contribution in [3.8, 4) is 23.0 Å². The first kappa shape index (κ1) is 22.1. The molecule has 2 rings (SSSR count). The molecule has 156 valence electrons.